The van der Waals surface area contributed by atoms with Crippen LogP contribution in [0.25, 0.3) is 0 Å². The summed E-state index contributed by atoms with van der Waals surface area (Å²) in [7, 11) is -1.32. The lowest BCUT2D eigenvalue weighted by molar-refractivity contribution is -0.399. The number of hydrogen-bond acceptors (Lipinski definition) is 5. The first-order chi connectivity index (χ1) is 9.33. The van der Waals surface area contributed by atoms with Gasteiger partial charge in [-0.05, 0) is 12.1 Å². The molecule has 0 radical (unpaired) electrons. The topological polar surface area (TPSA) is 99.7 Å². The van der Waals surface area contributed by atoms with Crippen molar-refractivity contribution in [3.8, 4) is 0 Å². The number of rotatable bonds is 4. The Kier molecular flexibility index (Phi) is 3.73. The number of carbonyl (C=O) groups excluding carboxylic acids is 2. The van der Waals surface area contributed by atoms with E-state index >= 15 is 0 Å². The Bertz CT molecular complexity index is 662. The minimum Gasteiger partial charge on any atom is -0.468 e. The Labute approximate surface area is 115 Å². The van der Waals surface area contributed by atoms with Crippen LogP contribution in [-0.2, 0) is 21.4 Å². The average Bonchev–Trinajstić information content (AvgIpc) is 2.91. The average molecular weight is 300 g/mol. The van der Waals surface area contributed by atoms with Crippen molar-refractivity contribution in [2.75, 3.05) is 14.1 Å². The fourth-order valence-electron chi connectivity index (χ4n) is 1.74. The lowest BCUT2D eigenvalue weighted by Gasteiger charge is -2.19. The van der Waals surface area contributed by atoms with Gasteiger partial charge in [-0.3, -0.25) is 0 Å². The monoisotopic (exact) mass is 300 g/mol. The van der Waals surface area contributed by atoms with Crippen molar-refractivity contribution in [2.45, 2.75) is 11.8 Å². The Morgan fingerprint density at radius 1 is 1.45 bits per heavy atom. The summed E-state index contributed by atoms with van der Waals surface area (Å²) in [6, 6.07) is 2.66. The number of sulfonamides is 1. The fourth-order valence-corrected chi connectivity index (χ4v) is 3.03. The third kappa shape index (κ3) is 2.63. The van der Waals surface area contributed by atoms with Crippen LogP contribution in [0.2, 0.25) is 0 Å². The predicted molar refractivity (Wildman–Crippen MR) is 68.7 cm³/mol. The van der Waals surface area contributed by atoms with E-state index in [2.05, 4.69) is 4.72 Å². The Morgan fingerprint density at radius 3 is 2.75 bits per heavy atom. The van der Waals surface area contributed by atoms with E-state index in [9.17, 15) is 18.0 Å². The van der Waals surface area contributed by atoms with Gasteiger partial charge in [0.05, 0.1) is 26.9 Å². The van der Waals surface area contributed by atoms with E-state index < -0.39 is 27.2 Å². The van der Waals surface area contributed by atoms with E-state index in [4.69, 9.17) is 4.42 Å². The number of imide groups is 1. The van der Waals surface area contributed by atoms with Gasteiger partial charge in [-0.1, -0.05) is 0 Å². The van der Waals surface area contributed by atoms with Crippen molar-refractivity contribution in [1.82, 2.24) is 9.62 Å². The third-order valence-electron chi connectivity index (χ3n) is 2.88. The van der Waals surface area contributed by atoms with Crippen LogP contribution in [0.5, 0.6) is 0 Å². The Morgan fingerprint density at radius 2 is 2.15 bits per heavy atom. The van der Waals surface area contributed by atoms with E-state index in [1.807, 2.05) is 0 Å². The summed E-state index contributed by atoms with van der Waals surface area (Å²) < 4.78 is 32.6. The molecule has 8 nitrogen and oxygen atoms in total. The van der Waals surface area contributed by atoms with Gasteiger partial charge in [0, 0.05) is 0 Å². The van der Waals surface area contributed by atoms with E-state index in [1.165, 1.54) is 20.4 Å². The molecule has 108 valence electrons. The maximum atomic E-state index is 12.1. The first-order valence-corrected chi connectivity index (χ1v) is 7.28. The van der Waals surface area contributed by atoms with Gasteiger partial charge in [-0.25, -0.2) is 22.5 Å². The van der Waals surface area contributed by atoms with Crippen molar-refractivity contribution < 1.29 is 27.0 Å². The van der Waals surface area contributed by atoms with Crippen LogP contribution in [0.4, 0.5) is 4.79 Å². The van der Waals surface area contributed by atoms with Gasteiger partial charge in [-0.2, -0.15) is 9.69 Å². The van der Waals surface area contributed by atoms with Crippen molar-refractivity contribution in [3.05, 3.63) is 24.2 Å². The maximum Gasteiger partial charge on any atom is 0.500 e. The van der Waals surface area contributed by atoms with Crippen molar-refractivity contribution >= 4 is 28.2 Å². The molecule has 0 aliphatic carbocycles. The molecule has 1 aromatic rings. The van der Waals surface area contributed by atoms with E-state index in [0.717, 1.165) is 15.7 Å². The first-order valence-electron chi connectivity index (χ1n) is 5.73. The molecule has 2 heterocycles. The van der Waals surface area contributed by atoms with Gasteiger partial charge in [0.25, 0.3) is 0 Å². The highest BCUT2D eigenvalue weighted by Gasteiger charge is 2.45. The molecule has 0 fully saturated rings. The zero-order valence-electron chi connectivity index (χ0n) is 10.9. The maximum absolute atomic E-state index is 12.1. The van der Waals surface area contributed by atoms with Gasteiger partial charge in [0.2, 0.25) is 15.3 Å². The number of urea groups is 1. The SMILES string of the molecule is CN1C(=O)C(S(=O)(=O)NCc2ccco2)C=[N+](C)C1=O. The molecular weight excluding hydrogens is 286 g/mol. The van der Waals surface area contributed by atoms with Crippen molar-refractivity contribution in [2.24, 2.45) is 0 Å². The minimum atomic E-state index is -3.95. The second-order valence-corrected chi connectivity index (χ2v) is 6.19. The Balaban J connectivity index is 2.20. The molecule has 20 heavy (non-hydrogen) atoms. The smallest absolute Gasteiger partial charge is 0.468 e. The molecule has 1 atom stereocenters. The number of carbonyl (C=O) groups is 2. The van der Waals surface area contributed by atoms with Gasteiger partial charge in [-0.15, -0.1) is 0 Å². The fraction of sp³-hybridized carbons (Fsp3) is 0.364. The van der Waals surface area contributed by atoms with Crippen LogP contribution in [0.1, 0.15) is 5.76 Å². The largest absolute Gasteiger partial charge is 0.500 e. The highest BCUT2D eigenvalue weighted by molar-refractivity contribution is 7.91. The predicted octanol–water partition coefficient (Wildman–Crippen LogP) is -0.627. The molecule has 0 aromatic carbocycles. The molecular formula is C11H14N3O5S+. The third-order valence-corrected chi connectivity index (χ3v) is 4.42. The van der Waals surface area contributed by atoms with Crippen LogP contribution in [0, 0.1) is 0 Å². The van der Waals surface area contributed by atoms with Crippen molar-refractivity contribution in [3.63, 3.8) is 0 Å². The summed E-state index contributed by atoms with van der Waals surface area (Å²) in [5.41, 5.74) is 0. The summed E-state index contributed by atoms with van der Waals surface area (Å²) >= 11 is 0. The standard InChI is InChI=1S/C11H14N3O5S/c1-13-7-9(10(15)14(2)11(13)16)20(17,18)12-6-8-4-3-5-19-8/h3-5,7,9,12H,6H2,1-2H3/q+1. The molecule has 0 saturated heterocycles. The second-order valence-electron chi connectivity index (χ2n) is 4.31. The van der Waals surface area contributed by atoms with E-state index in [0.29, 0.717) is 5.76 Å². The summed E-state index contributed by atoms with van der Waals surface area (Å²) in [6.45, 7) is -0.0612. The van der Waals surface area contributed by atoms with Crippen LogP contribution < -0.4 is 4.72 Å². The molecule has 1 aliphatic rings. The molecule has 0 saturated carbocycles. The Hall–Kier alpha value is -2.00. The highest BCUT2D eigenvalue weighted by Crippen LogP contribution is 2.09. The normalized spacial score (nSPS) is 20.2. The van der Waals surface area contributed by atoms with Gasteiger partial charge < -0.3 is 4.42 Å². The van der Waals surface area contributed by atoms with Crippen LogP contribution >= 0.6 is 0 Å². The van der Waals surface area contributed by atoms with Crippen molar-refractivity contribution in [1.29, 1.82) is 0 Å². The molecule has 2 rings (SSSR count). The van der Waals surface area contributed by atoms with E-state index in [-0.39, 0.29) is 6.54 Å². The summed E-state index contributed by atoms with van der Waals surface area (Å²) in [5.74, 6) is -0.366. The lowest BCUT2D eigenvalue weighted by atomic mass is 10.3. The van der Waals surface area contributed by atoms with Crippen LogP contribution in [0.15, 0.2) is 22.8 Å². The molecule has 1 unspecified atom stereocenters. The number of nitrogens with zero attached hydrogens (tertiary/aromatic N) is 2. The number of nitrogens with one attached hydrogen (secondary N) is 1. The number of amides is 3. The number of hydrogen-bond donors (Lipinski definition) is 1. The van der Waals surface area contributed by atoms with Crippen LogP contribution in [-0.4, -0.2) is 55.4 Å². The summed E-state index contributed by atoms with van der Waals surface area (Å²) in [6.07, 6.45) is 2.50. The summed E-state index contributed by atoms with van der Waals surface area (Å²) in [4.78, 5) is 24.2. The molecule has 1 aliphatic heterocycles. The first kappa shape index (κ1) is 14.4. The highest BCUT2D eigenvalue weighted by atomic mass is 32.2. The zero-order valence-corrected chi connectivity index (χ0v) is 11.8. The molecule has 9 heteroatoms. The lowest BCUT2D eigenvalue weighted by Crippen LogP contribution is -2.55. The van der Waals surface area contributed by atoms with Gasteiger partial charge in [0.1, 0.15) is 12.0 Å². The molecule has 1 aromatic heterocycles. The molecule has 0 spiro atoms. The van der Waals surface area contributed by atoms with Crippen LogP contribution in [0.3, 0.4) is 0 Å². The quantitative estimate of drug-likeness (QED) is 0.747. The van der Waals surface area contributed by atoms with Gasteiger partial charge >= 0.3 is 11.9 Å². The van der Waals surface area contributed by atoms with E-state index in [1.54, 1.807) is 12.1 Å². The number of furan rings is 1. The molecule has 3 amide bonds. The minimum absolute atomic E-state index is 0.0612. The zero-order chi connectivity index (χ0) is 14.9. The molecule has 0 bridgehead atoms. The molecule has 1 N–H and O–H groups in total. The second kappa shape index (κ2) is 5.17. The van der Waals surface area contributed by atoms with Gasteiger partial charge in [0.15, 0.2) is 0 Å². The summed E-state index contributed by atoms with van der Waals surface area (Å²) in [5, 5.41) is -1.44.